The summed E-state index contributed by atoms with van der Waals surface area (Å²) in [5.74, 6) is -0.686. The number of methoxy groups -OCH3 is 2. The van der Waals surface area contributed by atoms with E-state index in [-0.39, 0.29) is 40.9 Å². The van der Waals surface area contributed by atoms with Gasteiger partial charge in [-0.15, -0.1) is 0 Å². The lowest BCUT2D eigenvalue weighted by Crippen LogP contribution is -2.24. The number of benzene rings is 2. The van der Waals surface area contributed by atoms with Gasteiger partial charge in [-0.3, -0.25) is 14.7 Å². The van der Waals surface area contributed by atoms with Gasteiger partial charge in [0.1, 0.15) is 11.3 Å². The number of amides is 2. The number of nitrogens with one attached hydrogen (secondary N) is 3. The third-order valence-corrected chi connectivity index (χ3v) is 5.67. The van der Waals surface area contributed by atoms with Gasteiger partial charge in [0.15, 0.2) is 5.69 Å². The molecule has 2 heterocycles. The molecule has 0 aliphatic carbocycles. The Morgan fingerprint density at radius 1 is 1.00 bits per heavy atom. The van der Waals surface area contributed by atoms with Gasteiger partial charge < -0.3 is 20.1 Å². The zero-order chi connectivity index (χ0) is 26.7. The van der Waals surface area contributed by atoms with E-state index in [2.05, 4.69) is 25.8 Å². The van der Waals surface area contributed by atoms with E-state index in [4.69, 9.17) is 9.47 Å². The molecule has 192 valence electrons. The maximum atomic E-state index is 13.1. The van der Waals surface area contributed by atoms with Crippen LogP contribution >= 0.6 is 0 Å². The maximum Gasteiger partial charge on any atom is 0.416 e. The van der Waals surface area contributed by atoms with E-state index >= 15 is 0 Å². The van der Waals surface area contributed by atoms with E-state index in [1.807, 2.05) is 0 Å². The largest absolute Gasteiger partial charge is 0.496 e. The van der Waals surface area contributed by atoms with Crippen LogP contribution in [-0.2, 0) is 12.7 Å². The molecule has 0 radical (unpaired) electrons. The van der Waals surface area contributed by atoms with Crippen LogP contribution in [0, 0.1) is 0 Å². The quantitative estimate of drug-likeness (QED) is 0.345. The Hall–Kier alpha value is -4.61. The first kappa shape index (κ1) is 25.5. The van der Waals surface area contributed by atoms with Crippen molar-refractivity contribution in [2.45, 2.75) is 12.7 Å². The first-order valence-corrected chi connectivity index (χ1v) is 10.9. The molecule has 2 amide bonds. The number of nitrogens with zero attached hydrogens (tertiary/aromatic N) is 2. The first-order chi connectivity index (χ1) is 17.7. The second kappa shape index (κ2) is 10.2. The fourth-order valence-electron chi connectivity index (χ4n) is 3.79. The minimum Gasteiger partial charge on any atom is -0.496 e. The van der Waals surface area contributed by atoms with Gasteiger partial charge in [-0.2, -0.15) is 18.3 Å². The van der Waals surface area contributed by atoms with Crippen molar-refractivity contribution in [2.75, 3.05) is 21.3 Å². The van der Waals surface area contributed by atoms with Crippen molar-refractivity contribution in [1.29, 1.82) is 0 Å². The molecule has 37 heavy (non-hydrogen) atoms. The number of halogens is 3. The molecule has 9 nitrogen and oxygen atoms in total. The van der Waals surface area contributed by atoms with Crippen LogP contribution < -0.4 is 20.1 Å². The zero-order valence-electron chi connectivity index (χ0n) is 20.0. The summed E-state index contributed by atoms with van der Waals surface area (Å²) in [5, 5.41) is 12.6. The van der Waals surface area contributed by atoms with Crippen molar-refractivity contribution in [3.8, 4) is 22.8 Å². The van der Waals surface area contributed by atoms with Gasteiger partial charge >= 0.3 is 6.18 Å². The lowest BCUT2D eigenvalue weighted by Gasteiger charge is -2.14. The van der Waals surface area contributed by atoms with Gasteiger partial charge in [-0.25, -0.2) is 4.98 Å². The van der Waals surface area contributed by atoms with Crippen LogP contribution in [0.15, 0.2) is 48.7 Å². The molecule has 0 bridgehead atoms. The Labute approximate surface area is 209 Å². The molecule has 0 fully saturated rings. The number of fused-ring (bicyclic) bond motifs is 1. The molecule has 3 N–H and O–H groups in total. The van der Waals surface area contributed by atoms with E-state index in [0.717, 1.165) is 12.1 Å². The van der Waals surface area contributed by atoms with Gasteiger partial charge in [-0.1, -0.05) is 6.07 Å². The van der Waals surface area contributed by atoms with Crippen molar-refractivity contribution < 1.29 is 32.2 Å². The van der Waals surface area contributed by atoms with Crippen LogP contribution in [0.1, 0.15) is 32.0 Å². The normalized spacial score (nSPS) is 11.3. The smallest absolute Gasteiger partial charge is 0.416 e. The molecule has 2 aromatic heterocycles. The van der Waals surface area contributed by atoms with Gasteiger partial charge in [0, 0.05) is 36.3 Å². The summed E-state index contributed by atoms with van der Waals surface area (Å²) in [6.07, 6.45) is -3.02. The number of carbonyl (C=O) groups excluding carboxylic acids is 2. The number of hydrogen-bond donors (Lipinski definition) is 3. The second-order valence-corrected chi connectivity index (χ2v) is 7.90. The fraction of sp³-hybridized carbons (Fsp3) is 0.200. The Balaban J connectivity index is 1.62. The zero-order valence-corrected chi connectivity index (χ0v) is 20.0. The predicted octanol–water partition coefficient (Wildman–Crippen LogP) is 3.95. The fourth-order valence-corrected chi connectivity index (χ4v) is 3.79. The lowest BCUT2D eigenvalue weighted by molar-refractivity contribution is -0.137. The molecule has 0 spiro atoms. The van der Waals surface area contributed by atoms with Crippen molar-refractivity contribution in [3.63, 3.8) is 0 Å². The Bertz CT molecular complexity index is 1480. The Morgan fingerprint density at radius 3 is 2.46 bits per heavy atom. The van der Waals surface area contributed by atoms with Crippen LogP contribution in [0.4, 0.5) is 13.2 Å². The average Bonchev–Trinajstić information content (AvgIpc) is 3.33. The summed E-state index contributed by atoms with van der Waals surface area (Å²) < 4.78 is 49.8. The van der Waals surface area contributed by atoms with Gasteiger partial charge in [0.2, 0.25) is 5.88 Å². The van der Waals surface area contributed by atoms with E-state index < -0.39 is 17.6 Å². The summed E-state index contributed by atoms with van der Waals surface area (Å²) in [5.41, 5.74) is 1.50. The number of ether oxygens (including phenoxy) is 2. The molecule has 0 atom stereocenters. The Morgan fingerprint density at radius 2 is 1.78 bits per heavy atom. The van der Waals surface area contributed by atoms with E-state index in [1.54, 1.807) is 24.3 Å². The number of hydrogen-bond acceptors (Lipinski definition) is 6. The van der Waals surface area contributed by atoms with E-state index in [1.165, 1.54) is 33.5 Å². The van der Waals surface area contributed by atoms with Crippen molar-refractivity contribution in [1.82, 2.24) is 25.8 Å². The van der Waals surface area contributed by atoms with E-state index in [0.29, 0.717) is 22.0 Å². The number of carbonyl (C=O) groups is 2. The van der Waals surface area contributed by atoms with Crippen molar-refractivity contribution in [3.05, 3.63) is 71.0 Å². The second-order valence-electron chi connectivity index (χ2n) is 7.90. The predicted molar refractivity (Wildman–Crippen MR) is 128 cm³/mol. The summed E-state index contributed by atoms with van der Waals surface area (Å²) in [7, 11) is 4.19. The van der Waals surface area contributed by atoms with Crippen LogP contribution in [0.3, 0.4) is 0 Å². The number of H-pyrrole nitrogens is 1. The highest BCUT2D eigenvalue weighted by Crippen LogP contribution is 2.33. The number of rotatable bonds is 7. The molecular formula is C25H22F3N5O4. The summed E-state index contributed by atoms with van der Waals surface area (Å²) >= 11 is 0. The molecule has 0 unspecified atom stereocenters. The number of pyridine rings is 1. The minimum atomic E-state index is -4.54. The molecule has 0 aliphatic rings. The molecular weight excluding hydrogens is 491 g/mol. The van der Waals surface area contributed by atoms with Crippen molar-refractivity contribution >= 4 is 22.7 Å². The molecule has 0 saturated carbocycles. The number of alkyl halides is 3. The highest BCUT2D eigenvalue weighted by Gasteiger charge is 2.31. The molecule has 2 aromatic carbocycles. The van der Waals surface area contributed by atoms with Crippen molar-refractivity contribution in [2.24, 2.45) is 0 Å². The third kappa shape index (κ3) is 5.17. The standard InChI is InChI=1S/C25H22F3N5O4/c1-29-23(35)21-17-6-4-13(10-19(17)32-33-21)14-9-18(24(37-3)31-11-14)22(34)30-12-15-8-16(25(26,27)28)5-7-20(15)36-2/h4-11H,12H2,1-3H3,(H,29,35)(H,30,34)(H,32,33). The molecule has 4 rings (SSSR count). The van der Waals surface area contributed by atoms with E-state index in [9.17, 15) is 22.8 Å². The van der Waals surface area contributed by atoms with Gasteiger partial charge in [0.25, 0.3) is 11.8 Å². The molecule has 4 aromatic rings. The highest BCUT2D eigenvalue weighted by atomic mass is 19.4. The molecule has 0 aliphatic heterocycles. The SMILES string of the molecule is CNC(=O)c1n[nH]c2cc(-c3cnc(OC)c(C(=O)NCc4cc(C(F)(F)F)ccc4OC)c3)ccc12. The van der Waals surface area contributed by atoms with Crippen LogP contribution in [0.2, 0.25) is 0 Å². The Kier molecular flexibility index (Phi) is 7.00. The summed E-state index contributed by atoms with van der Waals surface area (Å²) in [4.78, 5) is 29.2. The van der Waals surface area contributed by atoms with Crippen LogP contribution in [0.5, 0.6) is 11.6 Å². The number of aromatic amines is 1. The molecule has 12 heteroatoms. The highest BCUT2D eigenvalue weighted by molar-refractivity contribution is 6.05. The third-order valence-electron chi connectivity index (χ3n) is 5.67. The first-order valence-electron chi connectivity index (χ1n) is 10.9. The summed E-state index contributed by atoms with van der Waals surface area (Å²) in [6.45, 7) is -0.221. The minimum absolute atomic E-state index is 0.0433. The topological polar surface area (TPSA) is 118 Å². The monoisotopic (exact) mass is 513 g/mol. The van der Waals surface area contributed by atoms with Gasteiger partial charge in [-0.05, 0) is 42.0 Å². The van der Waals surface area contributed by atoms with Gasteiger partial charge in [0.05, 0.1) is 25.3 Å². The van der Waals surface area contributed by atoms with Crippen LogP contribution in [0.25, 0.3) is 22.0 Å². The summed E-state index contributed by atoms with van der Waals surface area (Å²) in [6, 6.07) is 9.83. The number of aromatic nitrogens is 3. The molecule has 0 saturated heterocycles. The lowest BCUT2D eigenvalue weighted by atomic mass is 10.0. The maximum absolute atomic E-state index is 13.1. The van der Waals surface area contributed by atoms with Crippen LogP contribution in [-0.4, -0.2) is 48.3 Å². The average molecular weight is 513 g/mol.